The normalized spacial score (nSPS) is 17.5. The number of methoxy groups -OCH3 is 1. The fourth-order valence-electron chi connectivity index (χ4n) is 3.88. The van der Waals surface area contributed by atoms with Crippen LogP contribution in [0, 0.1) is 6.92 Å². The second kappa shape index (κ2) is 9.13. The number of aliphatic hydroxyl groups excluding tert-OH is 1. The second-order valence-electron chi connectivity index (χ2n) is 7.67. The maximum Gasteiger partial charge on any atom is 0.573 e. The molecule has 10 heteroatoms. The van der Waals surface area contributed by atoms with Gasteiger partial charge in [0.2, 0.25) is 0 Å². The van der Waals surface area contributed by atoms with E-state index in [-0.39, 0.29) is 28.3 Å². The van der Waals surface area contributed by atoms with E-state index in [0.29, 0.717) is 0 Å². The summed E-state index contributed by atoms with van der Waals surface area (Å²) in [5.74, 6) is -2.61. The Hall–Kier alpha value is -4.34. The van der Waals surface area contributed by atoms with E-state index in [1.165, 1.54) is 25.4 Å². The third-order valence-corrected chi connectivity index (χ3v) is 5.37. The first-order valence-electron chi connectivity index (χ1n) is 10.3. The maximum absolute atomic E-state index is 13.2. The predicted octanol–water partition coefficient (Wildman–Crippen LogP) is 4.92. The molecule has 0 radical (unpaired) electrons. The number of carbonyl (C=O) groups excluding carboxylic acids is 2. The van der Waals surface area contributed by atoms with Crippen molar-refractivity contribution in [3.63, 3.8) is 0 Å². The highest BCUT2D eigenvalue weighted by Gasteiger charge is 2.48. The van der Waals surface area contributed by atoms with E-state index in [2.05, 4.69) is 9.72 Å². The van der Waals surface area contributed by atoms with Crippen molar-refractivity contribution in [3.05, 3.63) is 89.3 Å². The smallest absolute Gasteiger partial charge is 0.507 e. The van der Waals surface area contributed by atoms with Crippen molar-refractivity contribution in [2.24, 2.45) is 0 Å². The molecule has 180 valence electrons. The fourth-order valence-corrected chi connectivity index (χ4v) is 3.88. The van der Waals surface area contributed by atoms with E-state index in [0.717, 1.165) is 22.6 Å². The highest BCUT2D eigenvalue weighted by Crippen LogP contribution is 2.43. The zero-order valence-electron chi connectivity index (χ0n) is 18.5. The van der Waals surface area contributed by atoms with E-state index in [9.17, 15) is 27.9 Å². The first-order chi connectivity index (χ1) is 16.6. The van der Waals surface area contributed by atoms with E-state index in [1.54, 1.807) is 43.3 Å². The molecule has 1 saturated heterocycles. The number of ketones is 1. The van der Waals surface area contributed by atoms with Gasteiger partial charge >= 0.3 is 6.36 Å². The molecule has 1 fully saturated rings. The van der Waals surface area contributed by atoms with E-state index < -0.39 is 35.6 Å². The quantitative estimate of drug-likeness (QED) is 0.314. The van der Waals surface area contributed by atoms with Crippen LogP contribution in [0.25, 0.3) is 5.76 Å². The van der Waals surface area contributed by atoms with Crippen molar-refractivity contribution in [3.8, 4) is 11.5 Å². The maximum atomic E-state index is 13.2. The number of halogens is 3. The Morgan fingerprint density at radius 1 is 1.06 bits per heavy atom. The number of rotatable bonds is 5. The highest BCUT2D eigenvalue weighted by atomic mass is 19.4. The van der Waals surface area contributed by atoms with Gasteiger partial charge in [0.05, 0.1) is 23.9 Å². The number of pyridine rings is 1. The number of ether oxygens (including phenoxy) is 2. The molecule has 1 N–H and O–H groups in total. The van der Waals surface area contributed by atoms with Gasteiger partial charge in [-0.3, -0.25) is 19.5 Å². The molecule has 1 amide bonds. The number of aliphatic hydroxyl groups is 1. The van der Waals surface area contributed by atoms with Crippen molar-refractivity contribution >= 4 is 23.1 Å². The average Bonchev–Trinajstić information content (AvgIpc) is 3.09. The van der Waals surface area contributed by atoms with Crippen LogP contribution in [-0.4, -0.2) is 35.3 Å². The number of carbonyl (C=O) groups is 2. The number of Topliss-reactive ketones (excluding diaryl/α,β-unsaturated/α-hetero) is 1. The Kier molecular flexibility index (Phi) is 6.21. The molecule has 0 spiro atoms. The van der Waals surface area contributed by atoms with E-state index >= 15 is 0 Å². The third kappa shape index (κ3) is 4.68. The van der Waals surface area contributed by atoms with E-state index in [4.69, 9.17) is 4.74 Å². The topological polar surface area (TPSA) is 89.0 Å². The summed E-state index contributed by atoms with van der Waals surface area (Å²) in [5.41, 5.74) is 1.15. The molecule has 1 aromatic heterocycles. The minimum absolute atomic E-state index is 0.118. The van der Waals surface area contributed by atoms with Crippen LogP contribution in [0.4, 0.5) is 18.9 Å². The van der Waals surface area contributed by atoms with Crippen molar-refractivity contribution in [2.75, 3.05) is 12.0 Å². The van der Waals surface area contributed by atoms with Gasteiger partial charge in [-0.25, -0.2) is 0 Å². The van der Waals surface area contributed by atoms with Crippen LogP contribution in [0.3, 0.4) is 0 Å². The molecule has 1 aliphatic heterocycles. The Labute approximate surface area is 198 Å². The first-order valence-corrected chi connectivity index (χ1v) is 10.3. The molecular formula is C25H19F3N2O5. The van der Waals surface area contributed by atoms with Gasteiger partial charge < -0.3 is 14.6 Å². The molecule has 0 bridgehead atoms. The average molecular weight is 484 g/mol. The summed E-state index contributed by atoms with van der Waals surface area (Å²) < 4.78 is 46.9. The molecule has 3 aromatic rings. The van der Waals surface area contributed by atoms with Gasteiger partial charge in [0.25, 0.3) is 11.7 Å². The zero-order chi connectivity index (χ0) is 25.3. The number of anilines is 1. The molecule has 1 unspecified atom stereocenters. The largest absolute Gasteiger partial charge is 0.573 e. The molecular weight excluding hydrogens is 465 g/mol. The lowest BCUT2D eigenvalue weighted by Gasteiger charge is -2.25. The Morgan fingerprint density at radius 3 is 2.37 bits per heavy atom. The number of amides is 1. The third-order valence-electron chi connectivity index (χ3n) is 5.37. The summed E-state index contributed by atoms with van der Waals surface area (Å²) in [7, 11) is 1.40. The number of nitrogens with zero attached hydrogens (tertiary/aromatic N) is 2. The van der Waals surface area contributed by atoms with Crippen molar-refractivity contribution in [1.82, 2.24) is 4.98 Å². The minimum atomic E-state index is -4.88. The summed E-state index contributed by atoms with van der Waals surface area (Å²) in [4.78, 5) is 31.6. The number of alkyl halides is 3. The van der Waals surface area contributed by atoms with Crippen LogP contribution in [0.2, 0.25) is 0 Å². The standard InChI is InChI=1S/C25H19F3N2O5/c1-14-6-11-19(34-2)17(13-14)22(31)20-21(18-5-3-4-12-29-18)30(24(33)23(20)32)15-7-9-16(10-8-15)35-25(26,27)28/h3-13,21,31H,1-2H3/b22-20+. The van der Waals surface area contributed by atoms with Gasteiger partial charge in [-0.1, -0.05) is 17.7 Å². The molecule has 4 rings (SSSR count). The Balaban J connectivity index is 1.88. The molecule has 0 aliphatic carbocycles. The molecule has 35 heavy (non-hydrogen) atoms. The number of hydrogen-bond acceptors (Lipinski definition) is 6. The summed E-state index contributed by atoms with van der Waals surface area (Å²) in [6, 6.07) is 13.2. The second-order valence-corrected chi connectivity index (χ2v) is 7.67. The Bertz CT molecular complexity index is 1300. The van der Waals surface area contributed by atoms with Crippen LogP contribution in [-0.2, 0) is 9.59 Å². The van der Waals surface area contributed by atoms with Crippen LogP contribution in [0.1, 0.15) is 22.9 Å². The van der Waals surface area contributed by atoms with Gasteiger partial charge in [-0.15, -0.1) is 13.2 Å². The van der Waals surface area contributed by atoms with E-state index in [1.807, 2.05) is 0 Å². The number of aromatic nitrogens is 1. The van der Waals surface area contributed by atoms with Gasteiger partial charge in [-0.2, -0.15) is 0 Å². The van der Waals surface area contributed by atoms with Crippen molar-refractivity contribution in [1.29, 1.82) is 0 Å². The van der Waals surface area contributed by atoms with Crippen LogP contribution in [0.5, 0.6) is 11.5 Å². The molecule has 2 heterocycles. The van der Waals surface area contributed by atoms with Crippen molar-refractivity contribution in [2.45, 2.75) is 19.3 Å². The van der Waals surface area contributed by atoms with Gasteiger partial charge in [-0.05, 0) is 55.5 Å². The minimum Gasteiger partial charge on any atom is -0.507 e. The first kappa shape index (κ1) is 23.8. The SMILES string of the molecule is COc1ccc(C)cc1/C(O)=C1\C(=O)C(=O)N(c2ccc(OC(F)(F)F)cc2)C1c1ccccn1. The Morgan fingerprint density at radius 2 is 1.77 bits per heavy atom. The summed E-state index contributed by atoms with van der Waals surface area (Å²) in [6.07, 6.45) is -3.42. The summed E-state index contributed by atoms with van der Waals surface area (Å²) in [5, 5.41) is 11.2. The van der Waals surface area contributed by atoms with Crippen LogP contribution >= 0.6 is 0 Å². The predicted molar refractivity (Wildman–Crippen MR) is 120 cm³/mol. The van der Waals surface area contributed by atoms with Crippen molar-refractivity contribution < 1.29 is 37.3 Å². The highest BCUT2D eigenvalue weighted by molar-refractivity contribution is 6.51. The lowest BCUT2D eigenvalue weighted by atomic mass is 9.97. The fraction of sp³-hybridized carbons (Fsp3) is 0.160. The van der Waals surface area contributed by atoms with Crippen LogP contribution < -0.4 is 14.4 Å². The monoisotopic (exact) mass is 484 g/mol. The molecule has 1 atom stereocenters. The lowest BCUT2D eigenvalue weighted by molar-refractivity contribution is -0.274. The number of benzene rings is 2. The van der Waals surface area contributed by atoms with Crippen LogP contribution in [0.15, 0.2) is 72.4 Å². The van der Waals surface area contributed by atoms with Gasteiger partial charge in [0.15, 0.2) is 0 Å². The number of hydrogen-bond donors (Lipinski definition) is 1. The molecule has 2 aromatic carbocycles. The summed E-state index contributed by atoms with van der Waals surface area (Å²) in [6.45, 7) is 1.79. The zero-order valence-corrected chi connectivity index (χ0v) is 18.5. The lowest BCUT2D eigenvalue weighted by Crippen LogP contribution is -2.29. The molecule has 7 nitrogen and oxygen atoms in total. The molecule has 1 aliphatic rings. The number of aryl methyl sites for hydroxylation is 1. The van der Waals surface area contributed by atoms with Gasteiger partial charge in [0, 0.05) is 11.9 Å². The summed E-state index contributed by atoms with van der Waals surface area (Å²) >= 11 is 0. The molecule has 0 saturated carbocycles. The van der Waals surface area contributed by atoms with Gasteiger partial charge in [0.1, 0.15) is 23.3 Å².